The number of nitrogens with zero attached hydrogens (tertiary/aromatic N) is 2. The second-order valence-electron chi connectivity index (χ2n) is 6.52. The summed E-state index contributed by atoms with van der Waals surface area (Å²) in [5.74, 6) is -0.273. The fourth-order valence-corrected chi connectivity index (χ4v) is 4.12. The zero-order chi connectivity index (χ0) is 16.4. The third kappa shape index (κ3) is 4.18. The van der Waals surface area contributed by atoms with Crippen LogP contribution in [0.2, 0.25) is 0 Å². The third-order valence-corrected chi connectivity index (χ3v) is 6.00. The first-order valence-electron chi connectivity index (χ1n) is 7.70. The minimum atomic E-state index is -3.39. The van der Waals surface area contributed by atoms with Crippen molar-refractivity contribution in [1.82, 2.24) is 9.21 Å². The van der Waals surface area contributed by atoms with E-state index in [0.29, 0.717) is 39.5 Å². The lowest BCUT2D eigenvalue weighted by molar-refractivity contribution is -0.152. The van der Waals surface area contributed by atoms with E-state index >= 15 is 0 Å². The summed E-state index contributed by atoms with van der Waals surface area (Å²) < 4.78 is 36.7. The second kappa shape index (κ2) is 6.82. The van der Waals surface area contributed by atoms with E-state index in [4.69, 9.17) is 9.47 Å². The van der Waals surface area contributed by atoms with Crippen LogP contribution >= 0.6 is 0 Å². The highest BCUT2D eigenvalue weighted by molar-refractivity contribution is 7.89. The molecule has 2 heterocycles. The molecule has 128 valence electrons. The van der Waals surface area contributed by atoms with Gasteiger partial charge in [0.15, 0.2) is 0 Å². The molecule has 0 saturated carbocycles. The van der Waals surface area contributed by atoms with Crippen LogP contribution in [-0.4, -0.2) is 80.4 Å². The van der Waals surface area contributed by atoms with E-state index in [0.717, 1.165) is 0 Å². The van der Waals surface area contributed by atoms with Gasteiger partial charge in [0.2, 0.25) is 15.9 Å². The molecule has 2 fully saturated rings. The fourth-order valence-electron chi connectivity index (χ4n) is 2.73. The number of hydrogen-bond donors (Lipinski definition) is 0. The van der Waals surface area contributed by atoms with Crippen molar-refractivity contribution < 1.29 is 22.7 Å². The first kappa shape index (κ1) is 17.7. The van der Waals surface area contributed by atoms with Gasteiger partial charge < -0.3 is 14.4 Å². The Morgan fingerprint density at radius 2 is 1.91 bits per heavy atom. The van der Waals surface area contributed by atoms with Crippen LogP contribution in [0.5, 0.6) is 0 Å². The predicted octanol–water partition coefficient (Wildman–Crippen LogP) is 0.0644. The van der Waals surface area contributed by atoms with E-state index < -0.39 is 15.6 Å². The van der Waals surface area contributed by atoms with Gasteiger partial charge in [0.1, 0.15) is 0 Å². The molecule has 1 unspecified atom stereocenters. The topological polar surface area (TPSA) is 76.2 Å². The molecule has 2 saturated heterocycles. The Kier molecular flexibility index (Phi) is 5.47. The first-order valence-corrected chi connectivity index (χ1v) is 9.31. The van der Waals surface area contributed by atoms with Crippen molar-refractivity contribution in [1.29, 1.82) is 0 Å². The van der Waals surface area contributed by atoms with Gasteiger partial charge in [0.05, 0.1) is 37.2 Å². The van der Waals surface area contributed by atoms with E-state index in [1.165, 1.54) is 4.31 Å². The van der Waals surface area contributed by atoms with Gasteiger partial charge in [-0.05, 0) is 20.8 Å². The lowest BCUT2D eigenvalue weighted by Gasteiger charge is -2.44. The Morgan fingerprint density at radius 1 is 1.27 bits per heavy atom. The molecule has 0 aromatic carbocycles. The minimum Gasteiger partial charge on any atom is -0.379 e. The van der Waals surface area contributed by atoms with Crippen molar-refractivity contribution in [2.45, 2.75) is 38.8 Å². The minimum absolute atomic E-state index is 0.00976. The lowest BCUT2D eigenvalue weighted by Crippen LogP contribution is -2.58. The van der Waals surface area contributed by atoms with Crippen LogP contribution in [-0.2, 0) is 24.3 Å². The van der Waals surface area contributed by atoms with E-state index in [1.54, 1.807) is 4.90 Å². The van der Waals surface area contributed by atoms with Crippen LogP contribution in [0.15, 0.2) is 0 Å². The Balaban J connectivity index is 1.93. The van der Waals surface area contributed by atoms with Crippen molar-refractivity contribution in [3.8, 4) is 0 Å². The summed E-state index contributed by atoms with van der Waals surface area (Å²) >= 11 is 0. The van der Waals surface area contributed by atoms with Crippen molar-refractivity contribution in [3.05, 3.63) is 0 Å². The monoisotopic (exact) mass is 334 g/mol. The molecule has 0 N–H and O–H groups in total. The second-order valence-corrected chi connectivity index (χ2v) is 8.60. The maximum Gasteiger partial charge on any atom is 0.224 e. The molecular formula is C14H26N2O5S. The van der Waals surface area contributed by atoms with Crippen LogP contribution in [0.1, 0.15) is 27.2 Å². The molecule has 0 radical (unpaired) electrons. The largest absolute Gasteiger partial charge is 0.379 e. The van der Waals surface area contributed by atoms with Gasteiger partial charge in [-0.15, -0.1) is 0 Å². The molecule has 2 aliphatic rings. The first-order chi connectivity index (χ1) is 10.2. The lowest BCUT2D eigenvalue weighted by atomic mass is 10.0. The van der Waals surface area contributed by atoms with Crippen LogP contribution < -0.4 is 0 Å². The highest BCUT2D eigenvalue weighted by Gasteiger charge is 2.37. The summed E-state index contributed by atoms with van der Waals surface area (Å²) in [7, 11) is -3.39. The Morgan fingerprint density at radius 3 is 2.55 bits per heavy atom. The van der Waals surface area contributed by atoms with Crippen molar-refractivity contribution in [2.75, 3.05) is 45.2 Å². The zero-order valence-electron chi connectivity index (χ0n) is 13.6. The van der Waals surface area contributed by atoms with Gasteiger partial charge >= 0.3 is 0 Å². The summed E-state index contributed by atoms with van der Waals surface area (Å²) in [6.45, 7) is 8.34. The number of morpholine rings is 2. The molecule has 1 amide bonds. The number of hydrogen-bond acceptors (Lipinski definition) is 5. The number of rotatable bonds is 4. The van der Waals surface area contributed by atoms with Gasteiger partial charge in [0, 0.05) is 26.1 Å². The van der Waals surface area contributed by atoms with E-state index in [2.05, 4.69) is 0 Å². The molecule has 0 spiro atoms. The molecule has 7 nitrogen and oxygen atoms in total. The summed E-state index contributed by atoms with van der Waals surface area (Å²) in [5.41, 5.74) is -0.397. The third-order valence-electron chi connectivity index (χ3n) is 4.13. The van der Waals surface area contributed by atoms with Crippen LogP contribution in [0, 0.1) is 0 Å². The maximum atomic E-state index is 12.5. The maximum absolute atomic E-state index is 12.5. The molecule has 0 bridgehead atoms. The number of ether oxygens (including phenoxy) is 2. The molecular weight excluding hydrogens is 308 g/mol. The molecule has 0 aromatic rings. The summed E-state index contributed by atoms with van der Waals surface area (Å²) in [5, 5.41) is 0. The van der Waals surface area contributed by atoms with Crippen molar-refractivity contribution in [2.24, 2.45) is 0 Å². The highest BCUT2D eigenvalue weighted by atomic mass is 32.2. The number of carbonyl (C=O) groups excluding carboxylic acids is 1. The number of amides is 1. The molecule has 2 aliphatic heterocycles. The number of sulfonamides is 1. The molecule has 0 aliphatic carbocycles. The van der Waals surface area contributed by atoms with Crippen molar-refractivity contribution >= 4 is 15.9 Å². The molecule has 1 atom stereocenters. The number of carbonyl (C=O) groups is 1. The zero-order valence-corrected chi connectivity index (χ0v) is 14.4. The van der Waals surface area contributed by atoms with Crippen LogP contribution in [0.4, 0.5) is 0 Å². The smallest absolute Gasteiger partial charge is 0.224 e. The van der Waals surface area contributed by atoms with Crippen LogP contribution in [0.3, 0.4) is 0 Å². The van der Waals surface area contributed by atoms with Crippen LogP contribution in [0.25, 0.3) is 0 Å². The predicted molar refractivity (Wildman–Crippen MR) is 82.0 cm³/mol. The fraction of sp³-hybridized carbons (Fsp3) is 0.929. The summed E-state index contributed by atoms with van der Waals surface area (Å²) in [4.78, 5) is 14.2. The highest BCUT2D eigenvalue weighted by Crippen LogP contribution is 2.23. The van der Waals surface area contributed by atoms with Gasteiger partial charge in [-0.25, -0.2) is 8.42 Å². The SMILES string of the molecule is CC1CN(C(=O)CCS(=O)(=O)N2CCOCC2)C(C)(C)CO1. The quantitative estimate of drug-likeness (QED) is 0.727. The normalized spacial score (nSPS) is 26.9. The molecule has 8 heteroatoms. The van der Waals surface area contributed by atoms with Crippen molar-refractivity contribution in [3.63, 3.8) is 0 Å². The standard InChI is InChI=1S/C14H26N2O5S/c1-12-10-16(14(2,3)11-21-12)13(17)4-9-22(18,19)15-5-7-20-8-6-15/h12H,4-11H2,1-3H3. The van der Waals surface area contributed by atoms with Gasteiger partial charge in [0.25, 0.3) is 0 Å². The van der Waals surface area contributed by atoms with E-state index in [-0.39, 0.29) is 24.2 Å². The average molecular weight is 334 g/mol. The molecule has 2 rings (SSSR count). The van der Waals surface area contributed by atoms with Gasteiger partial charge in [-0.1, -0.05) is 0 Å². The van der Waals surface area contributed by atoms with Gasteiger partial charge in [-0.2, -0.15) is 4.31 Å². The van der Waals surface area contributed by atoms with E-state index in [1.807, 2.05) is 20.8 Å². The average Bonchev–Trinajstić information content (AvgIpc) is 2.48. The summed E-state index contributed by atoms with van der Waals surface area (Å²) in [6.07, 6.45) is -0.0108. The van der Waals surface area contributed by atoms with E-state index in [9.17, 15) is 13.2 Å². The Bertz CT molecular complexity index is 499. The Hall–Kier alpha value is -0.700. The Labute approximate surface area is 132 Å². The summed E-state index contributed by atoms with van der Waals surface area (Å²) in [6, 6.07) is 0. The van der Waals surface area contributed by atoms with Gasteiger partial charge in [-0.3, -0.25) is 4.79 Å². The molecule has 22 heavy (non-hydrogen) atoms. The molecule has 0 aromatic heterocycles.